The minimum absolute atomic E-state index is 0.250. The number of ether oxygens (including phenoxy) is 4. The maximum Gasteiger partial charge on any atom is 0.220 e. The first-order valence-corrected chi connectivity index (χ1v) is 29.2. The summed E-state index contributed by atoms with van der Waals surface area (Å²) in [4.78, 5) is 13.2. The lowest BCUT2D eigenvalue weighted by Gasteiger charge is -2.46. The number of aliphatic hydroxyl groups is 8. The fraction of sp³-hybridized carbons (Fsp3) is 0.879. The molecule has 0 aromatic heterocycles. The van der Waals surface area contributed by atoms with Gasteiger partial charge in [0.05, 0.1) is 32.0 Å². The van der Waals surface area contributed by atoms with E-state index in [0.717, 1.165) is 44.9 Å². The van der Waals surface area contributed by atoms with E-state index in [9.17, 15) is 45.6 Å². The minimum Gasteiger partial charge on any atom is -0.394 e. The molecule has 0 aliphatic carbocycles. The van der Waals surface area contributed by atoms with E-state index in [-0.39, 0.29) is 18.9 Å². The highest BCUT2D eigenvalue weighted by molar-refractivity contribution is 5.76. The molecule has 14 nitrogen and oxygen atoms in total. The van der Waals surface area contributed by atoms with Gasteiger partial charge in [0.1, 0.15) is 48.8 Å². The number of unbranched alkanes of at least 4 members (excludes halogenated alkanes) is 29. The van der Waals surface area contributed by atoms with Gasteiger partial charge in [-0.3, -0.25) is 4.79 Å². The molecule has 0 aromatic rings. The summed E-state index contributed by atoms with van der Waals surface area (Å²) >= 11 is 0. The lowest BCUT2D eigenvalue weighted by Crippen LogP contribution is -2.65. The van der Waals surface area contributed by atoms with Gasteiger partial charge in [-0.25, -0.2) is 0 Å². The van der Waals surface area contributed by atoms with E-state index in [4.69, 9.17) is 18.9 Å². The molecule has 2 aliphatic heterocycles. The zero-order valence-electron chi connectivity index (χ0n) is 45.2. The third-order valence-electron chi connectivity index (χ3n) is 14.3. The Morgan fingerprint density at radius 3 is 1.36 bits per heavy atom. The highest BCUT2D eigenvalue weighted by Gasteiger charge is 2.51. The first kappa shape index (κ1) is 66.3. The fourth-order valence-electron chi connectivity index (χ4n) is 9.56. The van der Waals surface area contributed by atoms with Gasteiger partial charge >= 0.3 is 0 Å². The van der Waals surface area contributed by atoms with E-state index >= 15 is 0 Å². The fourth-order valence-corrected chi connectivity index (χ4v) is 9.56. The molecule has 12 unspecified atom stereocenters. The number of carbonyl (C=O) groups excluding carboxylic acids is 1. The van der Waals surface area contributed by atoms with Crippen LogP contribution in [0.25, 0.3) is 0 Å². The van der Waals surface area contributed by atoms with E-state index in [1.807, 2.05) is 6.08 Å². The third-order valence-corrected chi connectivity index (χ3v) is 14.3. The molecule has 0 radical (unpaired) electrons. The zero-order valence-corrected chi connectivity index (χ0v) is 45.2. The Morgan fingerprint density at radius 1 is 0.486 bits per heavy atom. The van der Waals surface area contributed by atoms with Crippen molar-refractivity contribution >= 4 is 5.91 Å². The number of hydrogen-bond acceptors (Lipinski definition) is 13. The quantitative estimate of drug-likeness (QED) is 0.0205. The molecule has 422 valence electrons. The highest BCUT2D eigenvalue weighted by atomic mass is 16.7. The first-order chi connectivity index (χ1) is 35.1. The normalized spacial score (nSPS) is 25.8. The van der Waals surface area contributed by atoms with Gasteiger partial charge in [0, 0.05) is 6.42 Å². The van der Waals surface area contributed by atoms with Crippen LogP contribution in [0.3, 0.4) is 0 Å². The zero-order chi connectivity index (χ0) is 52.4. The van der Waals surface area contributed by atoms with Crippen LogP contribution in [-0.2, 0) is 23.7 Å². The third kappa shape index (κ3) is 30.1. The van der Waals surface area contributed by atoms with E-state index in [1.165, 1.54) is 154 Å². The Kier molecular flexibility index (Phi) is 40.9. The number of hydrogen-bond donors (Lipinski definition) is 9. The summed E-state index contributed by atoms with van der Waals surface area (Å²) in [5, 5.41) is 87.0. The van der Waals surface area contributed by atoms with Crippen LogP contribution in [-0.4, -0.2) is 140 Å². The Balaban J connectivity index is 1.80. The number of carbonyl (C=O) groups is 1. The minimum atomic E-state index is -1.79. The smallest absolute Gasteiger partial charge is 0.220 e. The van der Waals surface area contributed by atoms with Crippen LogP contribution in [0, 0.1) is 0 Å². The van der Waals surface area contributed by atoms with Gasteiger partial charge in [0.25, 0.3) is 0 Å². The summed E-state index contributed by atoms with van der Waals surface area (Å²) in [7, 11) is 0. The molecule has 2 saturated heterocycles. The average molecular weight is 1030 g/mol. The topological polar surface area (TPSA) is 228 Å². The van der Waals surface area contributed by atoms with Crippen molar-refractivity contribution in [1.82, 2.24) is 5.32 Å². The lowest BCUT2D eigenvalue weighted by molar-refractivity contribution is -0.359. The summed E-state index contributed by atoms with van der Waals surface area (Å²) < 4.78 is 22.7. The van der Waals surface area contributed by atoms with Crippen LogP contribution in [0.5, 0.6) is 0 Å². The summed E-state index contributed by atoms with van der Waals surface area (Å²) in [5.41, 5.74) is 0. The van der Waals surface area contributed by atoms with Crippen molar-refractivity contribution in [1.29, 1.82) is 0 Å². The van der Waals surface area contributed by atoms with Gasteiger partial charge in [-0.2, -0.15) is 0 Å². The van der Waals surface area contributed by atoms with Crippen molar-refractivity contribution in [2.24, 2.45) is 0 Å². The average Bonchev–Trinajstić information content (AvgIpc) is 3.38. The summed E-state index contributed by atoms with van der Waals surface area (Å²) in [6, 6.07) is -0.935. The van der Waals surface area contributed by atoms with E-state index in [1.54, 1.807) is 6.08 Å². The van der Waals surface area contributed by atoms with Crippen molar-refractivity contribution in [2.45, 2.75) is 306 Å². The molecule has 72 heavy (non-hydrogen) atoms. The first-order valence-electron chi connectivity index (χ1n) is 29.2. The van der Waals surface area contributed by atoms with E-state index in [2.05, 4.69) is 43.5 Å². The largest absolute Gasteiger partial charge is 0.394 e. The standard InChI is InChI=1S/C58H107NO13/c1-3-5-7-9-11-13-15-17-19-21-23-24-26-28-30-32-34-36-38-40-42-50(63)59-46(47(62)41-39-37-35-33-31-29-27-25-22-20-18-16-14-12-10-8-6-4-2)45-69-57-55(68)53(66)56(49(44-61)71-57)72-58-54(67)52(65)51(64)48(43-60)70-58/h22,25,31,33,39,41,46-49,51-58,60-62,64-68H,3-21,23-24,26-30,32,34-38,40,42-45H2,1-2H3,(H,59,63)/b25-22+,33-31+,41-39+. The second kappa shape index (κ2) is 44.3. The van der Waals surface area contributed by atoms with Gasteiger partial charge in [0.2, 0.25) is 5.91 Å². The van der Waals surface area contributed by atoms with Crippen molar-refractivity contribution in [3.8, 4) is 0 Å². The molecule has 2 rings (SSSR count). The number of nitrogens with one attached hydrogen (secondary N) is 1. The predicted molar refractivity (Wildman–Crippen MR) is 286 cm³/mol. The SMILES string of the molecule is CCCCCCCCCC/C=C/CC/C=C/CC/C=C/C(O)C(COC1OC(CO)C(OC2OC(CO)C(O)C(O)C2O)C(O)C1O)NC(=O)CCCCCCCCCCCCCCCCCCCCCC. The van der Waals surface area contributed by atoms with Crippen LogP contribution < -0.4 is 5.32 Å². The highest BCUT2D eigenvalue weighted by Crippen LogP contribution is 2.30. The van der Waals surface area contributed by atoms with Crippen molar-refractivity contribution in [3.63, 3.8) is 0 Å². The van der Waals surface area contributed by atoms with Gasteiger partial charge in [0.15, 0.2) is 12.6 Å². The molecular formula is C58H107NO13. The number of aliphatic hydroxyl groups excluding tert-OH is 8. The molecule has 0 spiro atoms. The van der Waals surface area contributed by atoms with Crippen LogP contribution in [0.15, 0.2) is 36.5 Å². The Hall–Kier alpha value is -1.79. The van der Waals surface area contributed by atoms with E-state index in [0.29, 0.717) is 12.8 Å². The van der Waals surface area contributed by atoms with Crippen LogP contribution in [0.2, 0.25) is 0 Å². The number of amides is 1. The molecule has 9 N–H and O–H groups in total. The molecular weight excluding hydrogens is 919 g/mol. The lowest BCUT2D eigenvalue weighted by atomic mass is 9.97. The van der Waals surface area contributed by atoms with E-state index < -0.39 is 86.8 Å². The molecule has 12 atom stereocenters. The molecule has 2 heterocycles. The summed E-state index contributed by atoms with van der Waals surface area (Å²) in [5.74, 6) is -0.250. The summed E-state index contributed by atoms with van der Waals surface area (Å²) in [6.45, 7) is 2.78. The Bertz CT molecular complexity index is 1350. The second-order valence-electron chi connectivity index (χ2n) is 20.8. The van der Waals surface area contributed by atoms with Gasteiger partial charge in [-0.05, 0) is 44.9 Å². The molecule has 2 aliphatic rings. The van der Waals surface area contributed by atoms with Gasteiger partial charge < -0.3 is 65.1 Å². The van der Waals surface area contributed by atoms with Gasteiger partial charge in [-0.15, -0.1) is 0 Å². The van der Waals surface area contributed by atoms with Crippen molar-refractivity contribution < 1.29 is 64.6 Å². The van der Waals surface area contributed by atoms with Crippen molar-refractivity contribution in [2.75, 3.05) is 19.8 Å². The number of allylic oxidation sites excluding steroid dienone is 5. The predicted octanol–water partition coefficient (Wildman–Crippen LogP) is 9.44. The van der Waals surface area contributed by atoms with Crippen LogP contribution in [0.1, 0.15) is 232 Å². The summed E-state index contributed by atoms with van der Waals surface area (Å²) in [6.07, 6.45) is 36.1. The molecule has 0 bridgehead atoms. The maximum absolute atomic E-state index is 13.2. The van der Waals surface area contributed by atoms with Crippen LogP contribution in [0.4, 0.5) is 0 Å². The molecule has 14 heteroatoms. The molecule has 0 saturated carbocycles. The van der Waals surface area contributed by atoms with Crippen molar-refractivity contribution in [3.05, 3.63) is 36.5 Å². The van der Waals surface area contributed by atoms with Crippen LogP contribution >= 0.6 is 0 Å². The number of rotatable bonds is 46. The Labute approximate surface area is 436 Å². The molecule has 0 aromatic carbocycles. The monoisotopic (exact) mass is 1030 g/mol. The van der Waals surface area contributed by atoms with Gasteiger partial charge in [-0.1, -0.05) is 217 Å². The Morgan fingerprint density at radius 2 is 0.889 bits per heavy atom. The molecule has 2 fully saturated rings. The molecule has 1 amide bonds. The second-order valence-corrected chi connectivity index (χ2v) is 20.8. The maximum atomic E-state index is 13.2.